The average molecular weight is 239 g/mol. The van der Waals surface area contributed by atoms with Gasteiger partial charge in [0.15, 0.2) is 5.82 Å². The second-order valence-electron chi connectivity index (χ2n) is 4.21. The molecule has 0 unspecified atom stereocenters. The minimum absolute atomic E-state index is 0.0673. The predicted molar refractivity (Wildman–Crippen MR) is 68.5 cm³/mol. The molecule has 0 atom stereocenters. The first-order chi connectivity index (χ1) is 8.11. The Labute approximate surface area is 102 Å². The maximum absolute atomic E-state index is 12.2. The normalized spacial score (nSPS) is 10.9. The van der Waals surface area contributed by atoms with Crippen molar-refractivity contribution >= 4 is 5.82 Å². The fraction of sp³-hybridized carbons (Fsp3) is 0.667. The van der Waals surface area contributed by atoms with E-state index in [1.165, 1.54) is 0 Å². The van der Waals surface area contributed by atoms with E-state index in [4.69, 9.17) is 5.11 Å². The first-order valence-corrected chi connectivity index (χ1v) is 6.04. The van der Waals surface area contributed by atoms with Gasteiger partial charge < -0.3 is 14.6 Å². The van der Waals surface area contributed by atoms with Crippen LogP contribution in [0.1, 0.15) is 33.2 Å². The Kier molecular flexibility index (Phi) is 5.15. The van der Waals surface area contributed by atoms with Gasteiger partial charge in [0, 0.05) is 38.1 Å². The van der Waals surface area contributed by atoms with E-state index >= 15 is 0 Å². The van der Waals surface area contributed by atoms with E-state index in [1.54, 1.807) is 17.0 Å². The summed E-state index contributed by atoms with van der Waals surface area (Å²) in [4.78, 5) is 18.2. The molecule has 0 aliphatic heterocycles. The number of hydrogen-bond donors (Lipinski definition) is 1. The summed E-state index contributed by atoms with van der Waals surface area (Å²) >= 11 is 0. The fourth-order valence-corrected chi connectivity index (χ4v) is 1.71. The molecule has 1 heterocycles. The van der Waals surface area contributed by atoms with Gasteiger partial charge >= 0.3 is 0 Å². The Hall–Kier alpha value is -1.36. The molecule has 0 saturated heterocycles. The van der Waals surface area contributed by atoms with Crippen LogP contribution in [0.2, 0.25) is 0 Å². The Bertz CT molecular complexity index is 401. The molecule has 0 saturated carbocycles. The predicted octanol–water partition coefficient (Wildman–Crippen LogP) is 1.03. The van der Waals surface area contributed by atoms with E-state index in [-0.39, 0.29) is 18.2 Å². The summed E-state index contributed by atoms with van der Waals surface area (Å²) in [6.45, 7) is 7.40. The molecule has 0 spiro atoms. The van der Waals surface area contributed by atoms with Crippen LogP contribution in [-0.4, -0.2) is 34.4 Å². The molecule has 0 aliphatic rings. The number of nitrogens with zero attached hydrogens (tertiary/aromatic N) is 3. The van der Waals surface area contributed by atoms with Crippen molar-refractivity contribution in [3.05, 3.63) is 22.7 Å². The lowest BCUT2D eigenvalue weighted by Gasteiger charge is -2.22. The Morgan fingerprint density at radius 1 is 1.53 bits per heavy atom. The molecule has 0 aromatic carbocycles. The number of aliphatic hydroxyl groups is 1. The Balaban J connectivity index is 3.03. The Morgan fingerprint density at radius 2 is 2.24 bits per heavy atom. The zero-order valence-electron chi connectivity index (χ0n) is 10.8. The van der Waals surface area contributed by atoms with Gasteiger partial charge in [-0.2, -0.15) is 0 Å². The number of aliphatic hydroxyl groups excluding tert-OH is 1. The number of aromatic nitrogens is 2. The van der Waals surface area contributed by atoms with E-state index in [0.29, 0.717) is 25.3 Å². The highest BCUT2D eigenvalue weighted by Gasteiger charge is 2.12. The molecule has 96 valence electrons. The molecule has 0 bridgehead atoms. The van der Waals surface area contributed by atoms with E-state index in [1.807, 2.05) is 25.7 Å². The smallest absolute Gasteiger partial charge is 0.293 e. The van der Waals surface area contributed by atoms with E-state index in [9.17, 15) is 4.79 Å². The van der Waals surface area contributed by atoms with Crippen molar-refractivity contribution in [1.29, 1.82) is 0 Å². The molecule has 0 fully saturated rings. The van der Waals surface area contributed by atoms with Gasteiger partial charge in [0.05, 0.1) is 0 Å². The number of rotatable bonds is 6. The summed E-state index contributed by atoms with van der Waals surface area (Å²) in [7, 11) is 0. The molecule has 5 heteroatoms. The molecule has 1 aromatic rings. The molecule has 1 N–H and O–H groups in total. The van der Waals surface area contributed by atoms with Crippen LogP contribution in [0.5, 0.6) is 0 Å². The lowest BCUT2D eigenvalue weighted by Crippen LogP contribution is -2.34. The van der Waals surface area contributed by atoms with Crippen molar-refractivity contribution in [2.24, 2.45) is 0 Å². The van der Waals surface area contributed by atoms with Crippen LogP contribution >= 0.6 is 0 Å². The third kappa shape index (κ3) is 3.30. The molecular formula is C12H21N3O2. The van der Waals surface area contributed by atoms with Crippen LogP contribution in [0.25, 0.3) is 0 Å². The topological polar surface area (TPSA) is 58.4 Å². The average Bonchev–Trinajstić information content (AvgIpc) is 2.31. The molecule has 0 aliphatic carbocycles. The Morgan fingerprint density at radius 3 is 2.76 bits per heavy atom. The fourth-order valence-electron chi connectivity index (χ4n) is 1.71. The summed E-state index contributed by atoms with van der Waals surface area (Å²) in [6.07, 6.45) is 4.00. The summed E-state index contributed by atoms with van der Waals surface area (Å²) < 4.78 is 1.67. The van der Waals surface area contributed by atoms with Crippen molar-refractivity contribution in [3.63, 3.8) is 0 Å². The summed E-state index contributed by atoms with van der Waals surface area (Å²) in [5.74, 6) is 0.470. The molecule has 17 heavy (non-hydrogen) atoms. The van der Waals surface area contributed by atoms with Gasteiger partial charge in [-0.25, -0.2) is 4.98 Å². The van der Waals surface area contributed by atoms with Crippen molar-refractivity contribution in [1.82, 2.24) is 9.55 Å². The molecule has 1 aromatic heterocycles. The zero-order valence-corrected chi connectivity index (χ0v) is 10.8. The molecular weight excluding hydrogens is 218 g/mol. The maximum Gasteiger partial charge on any atom is 0.293 e. The quantitative estimate of drug-likeness (QED) is 0.805. The van der Waals surface area contributed by atoms with Crippen LogP contribution in [0.15, 0.2) is 17.2 Å². The van der Waals surface area contributed by atoms with Crippen LogP contribution in [0.4, 0.5) is 5.82 Å². The first kappa shape index (κ1) is 13.7. The molecule has 5 nitrogen and oxygen atoms in total. The van der Waals surface area contributed by atoms with Gasteiger partial charge in [0.2, 0.25) is 0 Å². The third-order valence-corrected chi connectivity index (χ3v) is 2.67. The van der Waals surface area contributed by atoms with E-state index in [0.717, 1.165) is 0 Å². The van der Waals surface area contributed by atoms with Crippen molar-refractivity contribution < 1.29 is 5.11 Å². The zero-order chi connectivity index (χ0) is 12.8. The summed E-state index contributed by atoms with van der Waals surface area (Å²) in [5.41, 5.74) is -0.0673. The molecule has 1 rings (SSSR count). The van der Waals surface area contributed by atoms with Gasteiger partial charge in [-0.1, -0.05) is 0 Å². The first-order valence-electron chi connectivity index (χ1n) is 6.04. The van der Waals surface area contributed by atoms with Crippen LogP contribution in [0.3, 0.4) is 0 Å². The second kappa shape index (κ2) is 6.39. The molecule has 0 amide bonds. The van der Waals surface area contributed by atoms with Gasteiger partial charge in [-0.05, 0) is 27.2 Å². The van der Waals surface area contributed by atoms with Crippen molar-refractivity contribution in [2.45, 2.75) is 33.2 Å². The SMILES string of the molecule is CCN(CCCO)c1nccn(C(C)C)c1=O. The van der Waals surface area contributed by atoms with Crippen LogP contribution in [0, 0.1) is 0 Å². The highest BCUT2D eigenvalue weighted by molar-refractivity contribution is 5.35. The number of hydrogen-bond acceptors (Lipinski definition) is 4. The highest BCUT2D eigenvalue weighted by Crippen LogP contribution is 2.06. The van der Waals surface area contributed by atoms with Crippen molar-refractivity contribution in [2.75, 3.05) is 24.6 Å². The minimum Gasteiger partial charge on any atom is -0.396 e. The standard InChI is InChI=1S/C12H21N3O2/c1-4-14(7-5-9-16)11-12(17)15(10(2)3)8-6-13-11/h6,8,10,16H,4-5,7,9H2,1-3H3. The van der Waals surface area contributed by atoms with Crippen LogP contribution < -0.4 is 10.5 Å². The second-order valence-corrected chi connectivity index (χ2v) is 4.21. The van der Waals surface area contributed by atoms with Crippen molar-refractivity contribution in [3.8, 4) is 0 Å². The van der Waals surface area contributed by atoms with Crippen LogP contribution in [-0.2, 0) is 0 Å². The number of anilines is 1. The van der Waals surface area contributed by atoms with E-state index in [2.05, 4.69) is 4.98 Å². The lowest BCUT2D eigenvalue weighted by molar-refractivity contribution is 0.289. The molecule has 0 radical (unpaired) electrons. The maximum atomic E-state index is 12.2. The van der Waals surface area contributed by atoms with Gasteiger partial charge in [-0.3, -0.25) is 4.79 Å². The highest BCUT2D eigenvalue weighted by atomic mass is 16.3. The monoisotopic (exact) mass is 239 g/mol. The third-order valence-electron chi connectivity index (χ3n) is 2.67. The summed E-state index contributed by atoms with van der Waals surface area (Å²) in [6, 6.07) is 0.126. The largest absolute Gasteiger partial charge is 0.396 e. The summed E-state index contributed by atoms with van der Waals surface area (Å²) in [5, 5.41) is 8.84. The van der Waals surface area contributed by atoms with Gasteiger partial charge in [0.25, 0.3) is 5.56 Å². The van der Waals surface area contributed by atoms with Gasteiger partial charge in [-0.15, -0.1) is 0 Å². The van der Waals surface area contributed by atoms with Gasteiger partial charge in [0.1, 0.15) is 0 Å². The van der Waals surface area contributed by atoms with E-state index < -0.39 is 0 Å². The minimum atomic E-state index is -0.0673. The lowest BCUT2D eigenvalue weighted by atomic mass is 10.3.